The summed E-state index contributed by atoms with van der Waals surface area (Å²) in [6, 6.07) is 22.1. The Bertz CT molecular complexity index is 1220. The predicted octanol–water partition coefficient (Wildman–Crippen LogP) is 5.23. The summed E-state index contributed by atoms with van der Waals surface area (Å²) in [5, 5.41) is 4.18. The second-order valence-electron chi connectivity index (χ2n) is 8.17. The van der Waals surface area contributed by atoms with E-state index < -0.39 is 0 Å². The molecule has 2 atom stereocenters. The molecule has 1 N–H and O–H groups in total. The molecule has 1 aliphatic heterocycles. The van der Waals surface area contributed by atoms with Crippen LogP contribution in [-0.4, -0.2) is 25.8 Å². The molecule has 0 aliphatic carbocycles. The summed E-state index contributed by atoms with van der Waals surface area (Å²) in [6.45, 7) is 4.04. The number of benzene rings is 1. The molecule has 0 spiro atoms. The average molecular weight is 456 g/mol. The van der Waals surface area contributed by atoms with Crippen LogP contribution in [0.2, 0.25) is 0 Å². The molecule has 1 fully saturated rings. The van der Waals surface area contributed by atoms with Crippen molar-refractivity contribution < 1.29 is 4.74 Å². The van der Waals surface area contributed by atoms with E-state index in [9.17, 15) is 0 Å². The second kappa shape index (κ2) is 9.03. The molecule has 0 amide bonds. The Balaban J connectivity index is 1.60. The lowest BCUT2D eigenvalue weighted by Gasteiger charge is -2.29. The van der Waals surface area contributed by atoms with Crippen LogP contribution in [0, 0.1) is 0 Å². The number of ether oxygens (including phenoxy) is 1. The van der Waals surface area contributed by atoms with Crippen LogP contribution in [0.25, 0.3) is 5.69 Å². The lowest BCUT2D eigenvalue weighted by molar-refractivity contribution is 0.242. The molecule has 0 saturated carbocycles. The van der Waals surface area contributed by atoms with Gasteiger partial charge in [-0.15, -0.1) is 0 Å². The Morgan fingerprint density at radius 2 is 1.70 bits per heavy atom. The van der Waals surface area contributed by atoms with Crippen molar-refractivity contribution in [1.29, 1.82) is 0 Å². The number of pyridine rings is 2. The first-order valence-corrected chi connectivity index (χ1v) is 11.4. The number of anilines is 1. The van der Waals surface area contributed by atoms with Gasteiger partial charge in [0.15, 0.2) is 5.11 Å². The van der Waals surface area contributed by atoms with E-state index in [2.05, 4.69) is 55.2 Å². The van der Waals surface area contributed by atoms with Crippen molar-refractivity contribution in [3.05, 3.63) is 103 Å². The van der Waals surface area contributed by atoms with E-state index in [1.165, 1.54) is 0 Å². The van der Waals surface area contributed by atoms with E-state index in [1.54, 1.807) is 12.4 Å². The molecular formula is C26H25N5OS. The first-order chi connectivity index (χ1) is 16.1. The third kappa shape index (κ3) is 4.19. The highest BCUT2D eigenvalue weighted by Crippen LogP contribution is 2.42. The van der Waals surface area contributed by atoms with Crippen molar-refractivity contribution in [3.63, 3.8) is 0 Å². The van der Waals surface area contributed by atoms with Crippen LogP contribution in [-0.2, 0) is 0 Å². The third-order valence-corrected chi connectivity index (χ3v) is 5.92. The van der Waals surface area contributed by atoms with Crippen molar-refractivity contribution in [1.82, 2.24) is 19.9 Å². The Morgan fingerprint density at radius 3 is 2.39 bits per heavy atom. The lowest BCUT2D eigenvalue weighted by atomic mass is 10.0. The minimum absolute atomic E-state index is 0.104. The van der Waals surface area contributed by atoms with Crippen LogP contribution in [0.4, 0.5) is 5.69 Å². The van der Waals surface area contributed by atoms with Gasteiger partial charge in [-0.2, -0.15) is 0 Å². The molecule has 7 heteroatoms. The fraction of sp³-hybridized carbons (Fsp3) is 0.192. The molecule has 1 saturated heterocycles. The standard InChI is InChI=1S/C26H25N5OS/c1-18(2)32-21-10-8-20(9-11-21)31-25(24(29-26(31)33)22-6-3-4-14-28-22)23-7-5-17-30(23)19-12-15-27-16-13-19/h3-18,24-25H,1-2H3,(H,29,33)/t24-,25+/m1/s1. The van der Waals surface area contributed by atoms with Crippen molar-refractivity contribution in [3.8, 4) is 11.4 Å². The van der Waals surface area contributed by atoms with Crippen LogP contribution >= 0.6 is 12.2 Å². The number of thiocarbonyl (C=S) groups is 1. The molecule has 0 radical (unpaired) electrons. The first kappa shape index (κ1) is 21.2. The van der Waals surface area contributed by atoms with E-state index in [-0.39, 0.29) is 18.2 Å². The SMILES string of the molecule is CC(C)Oc1ccc(N2C(=S)N[C@H](c3ccccn3)[C@@H]2c2cccn2-c2ccncc2)cc1. The molecule has 33 heavy (non-hydrogen) atoms. The quantitative estimate of drug-likeness (QED) is 0.402. The molecule has 4 aromatic rings. The summed E-state index contributed by atoms with van der Waals surface area (Å²) in [4.78, 5) is 11.0. The van der Waals surface area contributed by atoms with E-state index >= 15 is 0 Å². The van der Waals surface area contributed by atoms with Gasteiger partial charge in [0, 0.05) is 41.9 Å². The minimum Gasteiger partial charge on any atom is -0.491 e. The zero-order valence-electron chi connectivity index (χ0n) is 18.5. The maximum Gasteiger partial charge on any atom is 0.174 e. The van der Waals surface area contributed by atoms with Crippen molar-refractivity contribution >= 4 is 23.0 Å². The number of rotatable bonds is 6. The maximum absolute atomic E-state index is 5.85. The van der Waals surface area contributed by atoms with Gasteiger partial charge >= 0.3 is 0 Å². The summed E-state index contributed by atoms with van der Waals surface area (Å²) in [6.07, 6.45) is 7.62. The van der Waals surface area contributed by atoms with Gasteiger partial charge in [-0.05, 0) is 86.7 Å². The number of nitrogens with one attached hydrogen (secondary N) is 1. The summed E-state index contributed by atoms with van der Waals surface area (Å²) in [5.41, 5.74) is 4.08. The average Bonchev–Trinajstić information content (AvgIpc) is 3.45. The first-order valence-electron chi connectivity index (χ1n) is 11.0. The Labute approximate surface area is 198 Å². The number of hydrogen-bond acceptors (Lipinski definition) is 4. The molecule has 1 aromatic carbocycles. The Kier molecular flexibility index (Phi) is 5.79. The molecule has 0 bridgehead atoms. The third-order valence-electron chi connectivity index (χ3n) is 5.61. The minimum atomic E-state index is -0.110. The molecule has 5 rings (SSSR count). The van der Waals surface area contributed by atoms with Gasteiger partial charge in [0.1, 0.15) is 11.8 Å². The van der Waals surface area contributed by atoms with Crippen LogP contribution in [0.15, 0.2) is 91.5 Å². The molecule has 3 aromatic heterocycles. The van der Waals surface area contributed by atoms with Gasteiger partial charge in [0.2, 0.25) is 0 Å². The van der Waals surface area contributed by atoms with E-state index in [0.717, 1.165) is 28.5 Å². The number of aromatic nitrogens is 3. The van der Waals surface area contributed by atoms with Crippen LogP contribution in [0.5, 0.6) is 5.75 Å². The maximum atomic E-state index is 5.85. The summed E-state index contributed by atoms with van der Waals surface area (Å²) in [5.74, 6) is 0.838. The Hall–Kier alpha value is -3.71. The largest absolute Gasteiger partial charge is 0.491 e. The van der Waals surface area contributed by atoms with Crippen LogP contribution in [0.3, 0.4) is 0 Å². The van der Waals surface area contributed by atoms with E-state index in [4.69, 9.17) is 17.0 Å². The summed E-state index contributed by atoms with van der Waals surface area (Å²) >= 11 is 5.85. The van der Waals surface area contributed by atoms with Gasteiger partial charge in [0.05, 0.1) is 17.8 Å². The zero-order valence-corrected chi connectivity index (χ0v) is 19.3. The zero-order chi connectivity index (χ0) is 22.8. The number of nitrogens with zero attached hydrogens (tertiary/aromatic N) is 4. The predicted molar refractivity (Wildman–Crippen MR) is 134 cm³/mol. The summed E-state index contributed by atoms with van der Waals surface area (Å²) in [7, 11) is 0. The van der Waals surface area contributed by atoms with E-state index in [1.807, 2.05) is 62.5 Å². The van der Waals surface area contributed by atoms with Crippen LogP contribution in [0.1, 0.15) is 37.3 Å². The van der Waals surface area contributed by atoms with Crippen LogP contribution < -0.4 is 15.0 Å². The normalized spacial score (nSPS) is 17.9. The van der Waals surface area contributed by atoms with Gasteiger partial charge < -0.3 is 19.5 Å². The monoisotopic (exact) mass is 455 g/mol. The van der Waals surface area contributed by atoms with E-state index in [0.29, 0.717) is 5.11 Å². The molecule has 6 nitrogen and oxygen atoms in total. The number of hydrogen-bond donors (Lipinski definition) is 1. The van der Waals surface area contributed by atoms with Gasteiger partial charge in [-0.1, -0.05) is 6.07 Å². The second-order valence-corrected chi connectivity index (χ2v) is 8.55. The van der Waals surface area contributed by atoms with Gasteiger partial charge in [-0.25, -0.2) is 0 Å². The highest BCUT2D eigenvalue weighted by atomic mass is 32.1. The summed E-state index contributed by atoms with van der Waals surface area (Å²) < 4.78 is 8.02. The Morgan fingerprint density at radius 1 is 0.909 bits per heavy atom. The lowest BCUT2D eigenvalue weighted by Crippen LogP contribution is -2.30. The molecule has 1 aliphatic rings. The highest BCUT2D eigenvalue weighted by molar-refractivity contribution is 7.80. The van der Waals surface area contributed by atoms with Crippen molar-refractivity contribution in [2.45, 2.75) is 32.0 Å². The van der Waals surface area contributed by atoms with Crippen molar-refractivity contribution in [2.75, 3.05) is 4.90 Å². The molecular weight excluding hydrogens is 430 g/mol. The smallest absolute Gasteiger partial charge is 0.174 e. The molecule has 166 valence electrons. The highest BCUT2D eigenvalue weighted by Gasteiger charge is 2.42. The molecule has 0 unspecified atom stereocenters. The van der Waals surface area contributed by atoms with Gasteiger partial charge in [-0.3, -0.25) is 9.97 Å². The van der Waals surface area contributed by atoms with Gasteiger partial charge in [0.25, 0.3) is 0 Å². The molecule has 4 heterocycles. The fourth-order valence-corrected chi connectivity index (χ4v) is 4.61. The van der Waals surface area contributed by atoms with Crippen molar-refractivity contribution in [2.24, 2.45) is 0 Å². The topological polar surface area (TPSA) is 55.2 Å². The fourth-order valence-electron chi connectivity index (χ4n) is 4.27.